The summed E-state index contributed by atoms with van der Waals surface area (Å²) in [5.74, 6) is 0.00573. The summed E-state index contributed by atoms with van der Waals surface area (Å²) in [6.07, 6.45) is 3.02. The van der Waals surface area contributed by atoms with Crippen LogP contribution in [0.1, 0.15) is 47.7 Å². The molecule has 5 heteroatoms. The van der Waals surface area contributed by atoms with Crippen LogP contribution in [-0.4, -0.2) is 30.5 Å². The maximum absolute atomic E-state index is 12.2. The van der Waals surface area contributed by atoms with Crippen molar-refractivity contribution in [3.05, 3.63) is 45.9 Å². The van der Waals surface area contributed by atoms with Gasteiger partial charge in [-0.1, -0.05) is 0 Å². The smallest absolute Gasteiger partial charge is 0.251 e. The largest absolute Gasteiger partial charge is 0.372 e. The second-order valence-corrected chi connectivity index (χ2v) is 6.76. The Morgan fingerprint density at radius 2 is 1.88 bits per heavy atom. The monoisotopic (exact) mass is 345 g/mol. The number of nitrogens with zero attached hydrogens (tertiary/aromatic N) is 2. The highest BCUT2D eigenvalue weighted by Gasteiger charge is 2.07. The van der Waals surface area contributed by atoms with E-state index in [2.05, 4.69) is 34.4 Å². The number of rotatable bonds is 9. The highest BCUT2D eigenvalue weighted by molar-refractivity contribution is 7.09. The van der Waals surface area contributed by atoms with E-state index in [0.29, 0.717) is 6.54 Å². The van der Waals surface area contributed by atoms with E-state index in [9.17, 15) is 4.79 Å². The van der Waals surface area contributed by atoms with Crippen molar-refractivity contribution in [3.8, 4) is 0 Å². The van der Waals surface area contributed by atoms with E-state index < -0.39 is 0 Å². The average molecular weight is 346 g/mol. The lowest BCUT2D eigenvalue weighted by Crippen LogP contribution is -2.25. The van der Waals surface area contributed by atoms with Gasteiger partial charge in [-0.2, -0.15) is 0 Å². The summed E-state index contributed by atoms with van der Waals surface area (Å²) in [6, 6.07) is 7.85. The summed E-state index contributed by atoms with van der Waals surface area (Å²) >= 11 is 1.72. The van der Waals surface area contributed by atoms with E-state index in [1.54, 1.807) is 11.3 Å². The van der Waals surface area contributed by atoms with E-state index in [-0.39, 0.29) is 5.91 Å². The van der Waals surface area contributed by atoms with Crippen LogP contribution in [0, 0.1) is 6.92 Å². The second-order valence-electron chi connectivity index (χ2n) is 5.81. The molecule has 130 valence electrons. The van der Waals surface area contributed by atoms with Crippen LogP contribution >= 0.6 is 11.3 Å². The Hall–Kier alpha value is -1.88. The summed E-state index contributed by atoms with van der Waals surface area (Å²) < 4.78 is 0. The maximum Gasteiger partial charge on any atom is 0.251 e. The van der Waals surface area contributed by atoms with Crippen LogP contribution in [0.2, 0.25) is 0 Å². The molecule has 0 radical (unpaired) electrons. The van der Waals surface area contributed by atoms with Crippen molar-refractivity contribution in [2.45, 2.75) is 40.0 Å². The van der Waals surface area contributed by atoms with Gasteiger partial charge >= 0.3 is 0 Å². The number of unbranched alkanes of at least 4 members (excludes halogenated alkanes) is 1. The fraction of sp³-hybridized carbons (Fsp3) is 0.474. The third-order valence-corrected chi connectivity index (χ3v) is 5.05. The van der Waals surface area contributed by atoms with Gasteiger partial charge in [0.2, 0.25) is 0 Å². The number of amides is 1. The van der Waals surface area contributed by atoms with Crippen molar-refractivity contribution in [1.29, 1.82) is 0 Å². The molecule has 0 unspecified atom stereocenters. The zero-order valence-corrected chi connectivity index (χ0v) is 15.7. The molecule has 24 heavy (non-hydrogen) atoms. The van der Waals surface area contributed by atoms with Crippen molar-refractivity contribution >= 4 is 22.9 Å². The van der Waals surface area contributed by atoms with Gasteiger partial charge in [0.1, 0.15) is 0 Å². The number of hydrogen-bond donors (Lipinski definition) is 1. The van der Waals surface area contributed by atoms with Gasteiger partial charge in [0.25, 0.3) is 5.91 Å². The van der Waals surface area contributed by atoms with Gasteiger partial charge < -0.3 is 10.2 Å². The zero-order valence-electron chi connectivity index (χ0n) is 14.8. The van der Waals surface area contributed by atoms with Crippen LogP contribution in [0.4, 0.5) is 5.69 Å². The summed E-state index contributed by atoms with van der Waals surface area (Å²) in [5.41, 5.74) is 2.98. The van der Waals surface area contributed by atoms with Gasteiger partial charge in [-0.15, -0.1) is 11.3 Å². The minimum absolute atomic E-state index is 0.00573. The van der Waals surface area contributed by atoms with Crippen LogP contribution < -0.4 is 10.2 Å². The van der Waals surface area contributed by atoms with E-state index in [4.69, 9.17) is 0 Å². The highest BCUT2D eigenvalue weighted by atomic mass is 32.1. The topological polar surface area (TPSA) is 45.2 Å². The number of aryl methyl sites for hydroxylation is 2. The SMILES string of the molecule is CCN(CC)c1ccc(C(=O)NCCCCc2nc(C)cs2)cc1. The average Bonchev–Trinajstić information content (AvgIpc) is 3.01. The molecule has 1 aromatic carbocycles. The zero-order chi connectivity index (χ0) is 17.4. The first-order valence-corrected chi connectivity index (χ1v) is 9.56. The Balaban J connectivity index is 1.72. The normalized spacial score (nSPS) is 10.6. The molecule has 1 N–H and O–H groups in total. The molecule has 0 fully saturated rings. The number of anilines is 1. The van der Waals surface area contributed by atoms with Crippen LogP contribution in [0.25, 0.3) is 0 Å². The van der Waals surface area contributed by atoms with Gasteiger partial charge in [0.05, 0.1) is 5.01 Å². The number of nitrogens with one attached hydrogen (secondary N) is 1. The Morgan fingerprint density at radius 3 is 2.46 bits per heavy atom. The molecule has 1 heterocycles. The van der Waals surface area contributed by atoms with Crippen molar-refractivity contribution in [3.63, 3.8) is 0 Å². The fourth-order valence-electron chi connectivity index (χ4n) is 2.64. The lowest BCUT2D eigenvalue weighted by atomic mass is 10.1. The van der Waals surface area contributed by atoms with Crippen LogP contribution in [0.15, 0.2) is 29.6 Å². The van der Waals surface area contributed by atoms with Crippen LogP contribution in [0.3, 0.4) is 0 Å². The van der Waals surface area contributed by atoms with E-state index in [1.807, 2.05) is 31.2 Å². The van der Waals surface area contributed by atoms with Gasteiger partial charge in [-0.3, -0.25) is 4.79 Å². The van der Waals surface area contributed by atoms with Crippen molar-refractivity contribution in [1.82, 2.24) is 10.3 Å². The molecule has 0 aliphatic rings. The molecule has 1 aromatic heterocycles. The molecule has 1 amide bonds. The molecular weight excluding hydrogens is 318 g/mol. The van der Waals surface area contributed by atoms with Crippen molar-refractivity contribution in [2.75, 3.05) is 24.5 Å². The van der Waals surface area contributed by atoms with Crippen molar-refractivity contribution in [2.24, 2.45) is 0 Å². The van der Waals surface area contributed by atoms with Gasteiger partial charge in [0.15, 0.2) is 0 Å². The minimum Gasteiger partial charge on any atom is -0.372 e. The lowest BCUT2D eigenvalue weighted by molar-refractivity contribution is 0.0953. The van der Waals surface area contributed by atoms with E-state index in [0.717, 1.165) is 49.3 Å². The third kappa shape index (κ3) is 5.34. The Labute approximate surface area is 148 Å². The Bertz CT molecular complexity index is 632. The molecule has 0 saturated carbocycles. The predicted molar refractivity (Wildman–Crippen MR) is 102 cm³/mol. The molecule has 0 aliphatic heterocycles. The van der Waals surface area contributed by atoms with E-state index in [1.165, 1.54) is 5.01 Å². The number of carbonyl (C=O) groups is 1. The number of thiazole rings is 1. The highest BCUT2D eigenvalue weighted by Crippen LogP contribution is 2.15. The van der Waals surface area contributed by atoms with Gasteiger partial charge in [-0.25, -0.2) is 4.98 Å². The quantitative estimate of drug-likeness (QED) is 0.697. The lowest BCUT2D eigenvalue weighted by Gasteiger charge is -2.21. The standard InChI is InChI=1S/C19H27N3OS/c1-4-22(5-2)17-11-9-16(10-12-17)19(23)20-13-7-6-8-18-21-15(3)14-24-18/h9-12,14H,4-8,13H2,1-3H3,(H,20,23). The maximum atomic E-state index is 12.2. The summed E-state index contributed by atoms with van der Waals surface area (Å²) in [5, 5.41) is 6.27. The molecule has 4 nitrogen and oxygen atoms in total. The first kappa shape index (κ1) is 18.5. The first-order valence-electron chi connectivity index (χ1n) is 8.68. The Kier molecular flexibility index (Phi) is 7.25. The minimum atomic E-state index is 0.00573. The van der Waals surface area contributed by atoms with Crippen molar-refractivity contribution < 1.29 is 4.79 Å². The molecular formula is C19H27N3OS. The van der Waals surface area contributed by atoms with Crippen LogP contribution in [-0.2, 0) is 6.42 Å². The molecule has 0 saturated heterocycles. The van der Waals surface area contributed by atoms with Gasteiger partial charge in [0, 0.05) is 42.0 Å². The van der Waals surface area contributed by atoms with E-state index >= 15 is 0 Å². The van der Waals surface area contributed by atoms with Gasteiger partial charge in [-0.05, 0) is 64.3 Å². The Morgan fingerprint density at radius 1 is 1.17 bits per heavy atom. The molecule has 2 rings (SSSR count). The third-order valence-electron chi connectivity index (χ3n) is 4.03. The fourth-order valence-corrected chi connectivity index (χ4v) is 3.45. The molecule has 0 aliphatic carbocycles. The summed E-state index contributed by atoms with van der Waals surface area (Å²) in [6.45, 7) is 8.95. The molecule has 0 spiro atoms. The first-order chi connectivity index (χ1) is 11.6. The molecule has 2 aromatic rings. The summed E-state index contributed by atoms with van der Waals surface area (Å²) in [7, 11) is 0. The second kappa shape index (κ2) is 9.42. The number of benzene rings is 1. The number of hydrogen-bond acceptors (Lipinski definition) is 4. The number of carbonyl (C=O) groups excluding carboxylic acids is 1. The molecule has 0 atom stereocenters. The molecule has 0 bridgehead atoms. The summed E-state index contributed by atoms with van der Waals surface area (Å²) in [4.78, 5) is 18.9. The van der Waals surface area contributed by atoms with Crippen LogP contribution in [0.5, 0.6) is 0 Å². The number of aromatic nitrogens is 1. The predicted octanol–water partition coefficient (Wildman–Crippen LogP) is 4.05.